The van der Waals surface area contributed by atoms with Crippen molar-refractivity contribution in [2.24, 2.45) is 23.2 Å². The summed E-state index contributed by atoms with van der Waals surface area (Å²) in [6.45, 7) is 8.86. The molecule has 0 saturated heterocycles. The third-order valence-electron chi connectivity index (χ3n) is 4.00. The average molecular weight is 255 g/mol. The maximum absolute atomic E-state index is 11.9. The molecule has 1 saturated carbocycles. The third-order valence-corrected chi connectivity index (χ3v) is 4.00. The Hall–Kier alpha value is -1.06. The molecule has 0 radical (unpaired) electrons. The highest BCUT2D eigenvalue weighted by atomic mass is 16.4. The van der Waals surface area contributed by atoms with Gasteiger partial charge in [-0.1, -0.05) is 20.8 Å². The Morgan fingerprint density at radius 3 is 2.17 bits per heavy atom. The quantitative estimate of drug-likeness (QED) is 0.813. The maximum Gasteiger partial charge on any atom is 0.306 e. The molecule has 1 amide bonds. The zero-order valence-corrected chi connectivity index (χ0v) is 11.8. The van der Waals surface area contributed by atoms with Gasteiger partial charge in [-0.2, -0.15) is 0 Å². The van der Waals surface area contributed by atoms with Crippen molar-refractivity contribution in [2.45, 2.75) is 47.0 Å². The number of nitrogens with one attached hydrogen (secondary N) is 1. The van der Waals surface area contributed by atoms with E-state index in [1.807, 2.05) is 6.92 Å². The van der Waals surface area contributed by atoms with E-state index in [0.29, 0.717) is 25.3 Å². The maximum atomic E-state index is 11.9. The number of amides is 1. The molecule has 0 spiro atoms. The van der Waals surface area contributed by atoms with Crippen LogP contribution in [0.25, 0.3) is 0 Å². The van der Waals surface area contributed by atoms with E-state index in [-0.39, 0.29) is 23.2 Å². The van der Waals surface area contributed by atoms with Gasteiger partial charge in [-0.3, -0.25) is 9.59 Å². The normalized spacial score (nSPS) is 28.8. The topological polar surface area (TPSA) is 66.4 Å². The SMILES string of the molecule is CCNC(=O)[C@H]1C[C@@H](C(=O)O)C[C@H](C(C)(C)C)C1. The van der Waals surface area contributed by atoms with Gasteiger partial charge in [-0.05, 0) is 37.5 Å². The van der Waals surface area contributed by atoms with Crippen LogP contribution in [0, 0.1) is 23.2 Å². The Balaban J connectivity index is 2.81. The highest BCUT2D eigenvalue weighted by Gasteiger charge is 2.40. The molecule has 0 aliphatic heterocycles. The summed E-state index contributed by atoms with van der Waals surface area (Å²) < 4.78 is 0. The number of aliphatic carboxylic acids is 1. The number of carboxylic acid groups (broad SMARTS) is 1. The molecule has 0 unspecified atom stereocenters. The van der Waals surface area contributed by atoms with Crippen LogP contribution in [-0.2, 0) is 9.59 Å². The molecule has 0 aromatic rings. The molecule has 0 aromatic heterocycles. The Morgan fingerprint density at radius 1 is 1.17 bits per heavy atom. The summed E-state index contributed by atoms with van der Waals surface area (Å²) in [5.41, 5.74) is 0.0544. The Morgan fingerprint density at radius 2 is 1.72 bits per heavy atom. The van der Waals surface area contributed by atoms with Crippen LogP contribution in [0.4, 0.5) is 0 Å². The lowest BCUT2D eigenvalue weighted by atomic mass is 9.65. The fourth-order valence-corrected chi connectivity index (χ4v) is 2.76. The number of rotatable bonds is 3. The summed E-state index contributed by atoms with van der Waals surface area (Å²) in [6.07, 6.45) is 1.97. The van der Waals surface area contributed by atoms with Crippen molar-refractivity contribution in [2.75, 3.05) is 6.54 Å². The monoisotopic (exact) mass is 255 g/mol. The molecule has 1 aliphatic carbocycles. The molecule has 18 heavy (non-hydrogen) atoms. The van der Waals surface area contributed by atoms with E-state index < -0.39 is 5.97 Å². The van der Waals surface area contributed by atoms with Gasteiger partial charge in [-0.25, -0.2) is 0 Å². The molecule has 4 nitrogen and oxygen atoms in total. The second-order valence-corrected chi connectivity index (χ2v) is 6.40. The molecule has 1 fully saturated rings. The third kappa shape index (κ3) is 3.72. The van der Waals surface area contributed by atoms with Gasteiger partial charge >= 0.3 is 5.97 Å². The van der Waals surface area contributed by atoms with Gasteiger partial charge in [-0.15, -0.1) is 0 Å². The summed E-state index contributed by atoms with van der Waals surface area (Å²) in [5, 5.41) is 12.0. The van der Waals surface area contributed by atoms with Crippen molar-refractivity contribution in [1.82, 2.24) is 5.32 Å². The van der Waals surface area contributed by atoms with Crippen molar-refractivity contribution < 1.29 is 14.7 Å². The van der Waals surface area contributed by atoms with Crippen LogP contribution < -0.4 is 5.32 Å². The summed E-state index contributed by atoms with van der Waals surface area (Å²) in [7, 11) is 0. The Kier molecular flexibility index (Phi) is 4.77. The summed E-state index contributed by atoms with van der Waals surface area (Å²) >= 11 is 0. The van der Waals surface area contributed by atoms with Gasteiger partial charge in [0.15, 0.2) is 0 Å². The largest absolute Gasteiger partial charge is 0.481 e. The van der Waals surface area contributed by atoms with Crippen LogP contribution in [-0.4, -0.2) is 23.5 Å². The molecular formula is C14H25NO3. The average Bonchev–Trinajstić information content (AvgIpc) is 2.27. The van der Waals surface area contributed by atoms with E-state index in [0.717, 1.165) is 6.42 Å². The molecule has 0 bridgehead atoms. The fraction of sp³-hybridized carbons (Fsp3) is 0.857. The Bertz CT molecular complexity index is 319. The number of hydrogen-bond donors (Lipinski definition) is 2. The van der Waals surface area contributed by atoms with Crippen molar-refractivity contribution in [3.05, 3.63) is 0 Å². The van der Waals surface area contributed by atoms with E-state index in [2.05, 4.69) is 26.1 Å². The van der Waals surface area contributed by atoms with Crippen LogP contribution >= 0.6 is 0 Å². The van der Waals surface area contributed by atoms with E-state index in [1.54, 1.807) is 0 Å². The zero-order chi connectivity index (χ0) is 13.9. The zero-order valence-electron chi connectivity index (χ0n) is 11.8. The van der Waals surface area contributed by atoms with Crippen LogP contribution in [0.5, 0.6) is 0 Å². The van der Waals surface area contributed by atoms with Gasteiger partial charge in [0, 0.05) is 12.5 Å². The molecule has 4 heteroatoms. The van der Waals surface area contributed by atoms with Gasteiger partial charge in [0.25, 0.3) is 0 Å². The molecule has 1 rings (SSSR count). The van der Waals surface area contributed by atoms with Crippen LogP contribution in [0.15, 0.2) is 0 Å². The first-order chi connectivity index (χ1) is 8.25. The highest BCUT2D eigenvalue weighted by Crippen LogP contribution is 2.42. The molecule has 1 aliphatic rings. The van der Waals surface area contributed by atoms with E-state index in [9.17, 15) is 14.7 Å². The molecule has 3 atom stereocenters. The molecule has 2 N–H and O–H groups in total. The lowest BCUT2D eigenvalue weighted by Gasteiger charge is -2.39. The highest BCUT2D eigenvalue weighted by molar-refractivity contribution is 5.80. The first-order valence-corrected chi connectivity index (χ1v) is 6.76. The van der Waals surface area contributed by atoms with Crippen LogP contribution in [0.3, 0.4) is 0 Å². The molecule has 0 aromatic carbocycles. The number of carbonyl (C=O) groups excluding carboxylic acids is 1. The number of hydrogen-bond acceptors (Lipinski definition) is 2. The van der Waals surface area contributed by atoms with Crippen molar-refractivity contribution in [1.29, 1.82) is 0 Å². The van der Waals surface area contributed by atoms with Crippen molar-refractivity contribution >= 4 is 11.9 Å². The first kappa shape index (κ1) is 15.0. The van der Waals surface area contributed by atoms with Gasteiger partial charge < -0.3 is 10.4 Å². The standard InChI is InChI=1S/C14H25NO3/c1-5-15-12(16)9-6-10(13(17)18)8-11(7-9)14(2,3)4/h9-11H,5-8H2,1-4H3,(H,15,16)(H,17,18)/t9-,10+,11+/m0/s1. The molecule has 0 heterocycles. The Labute approximate surface area is 109 Å². The lowest BCUT2D eigenvalue weighted by molar-refractivity contribution is -0.145. The van der Waals surface area contributed by atoms with Crippen LogP contribution in [0.2, 0.25) is 0 Å². The van der Waals surface area contributed by atoms with E-state index >= 15 is 0 Å². The summed E-state index contributed by atoms with van der Waals surface area (Å²) in [4.78, 5) is 23.2. The minimum Gasteiger partial charge on any atom is -0.481 e. The number of carboxylic acids is 1. The smallest absolute Gasteiger partial charge is 0.306 e. The van der Waals surface area contributed by atoms with E-state index in [1.165, 1.54) is 0 Å². The first-order valence-electron chi connectivity index (χ1n) is 6.76. The predicted octanol–water partition coefficient (Wildman–Crippen LogP) is 2.29. The molecule has 104 valence electrons. The molecular weight excluding hydrogens is 230 g/mol. The second-order valence-electron chi connectivity index (χ2n) is 6.40. The second kappa shape index (κ2) is 5.72. The van der Waals surface area contributed by atoms with Gasteiger partial charge in [0.05, 0.1) is 5.92 Å². The predicted molar refractivity (Wildman–Crippen MR) is 70.1 cm³/mol. The summed E-state index contributed by atoms with van der Waals surface area (Å²) in [5.74, 6) is -0.990. The van der Waals surface area contributed by atoms with Crippen molar-refractivity contribution in [3.63, 3.8) is 0 Å². The van der Waals surface area contributed by atoms with Gasteiger partial charge in [0.1, 0.15) is 0 Å². The van der Waals surface area contributed by atoms with Gasteiger partial charge in [0.2, 0.25) is 5.91 Å². The van der Waals surface area contributed by atoms with Crippen LogP contribution in [0.1, 0.15) is 47.0 Å². The number of carbonyl (C=O) groups is 2. The lowest BCUT2D eigenvalue weighted by Crippen LogP contribution is -2.40. The minimum atomic E-state index is -0.766. The van der Waals surface area contributed by atoms with Crippen molar-refractivity contribution in [3.8, 4) is 0 Å². The summed E-state index contributed by atoms with van der Waals surface area (Å²) in [6, 6.07) is 0. The minimum absolute atomic E-state index is 0.0118. The fourth-order valence-electron chi connectivity index (χ4n) is 2.76. The van der Waals surface area contributed by atoms with E-state index in [4.69, 9.17) is 0 Å².